The van der Waals surface area contributed by atoms with E-state index in [1.807, 2.05) is 0 Å². The third-order valence-corrected chi connectivity index (χ3v) is 2.69. The number of benzene rings is 1. The van der Waals surface area contributed by atoms with Crippen LogP contribution in [0.1, 0.15) is 12.3 Å². The second-order valence-electron chi connectivity index (χ2n) is 4.00. The van der Waals surface area contributed by atoms with Crippen molar-refractivity contribution in [2.45, 2.75) is 12.8 Å². The molecule has 1 aromatic heterocycles. The van der Waals surface area contributed by atoms with E-state index in [4.69, 9.17) is 4.42 Å². The molecule has 104 valence electrons. The van der Waals surface area contributed by atoms with Gasteiger partial charge in [-0.05, 0) is 12.1 Å². The summed E-state index contributed by atoms with van der Waals surface area (Å²) in [5.74, 6) is 0.587. The molecule has 0 saturated heterocycles. The van der Waals surface area contributed by atoms with Gasteiger partial charge in [-0.15, -0.1) is 0 Å². The molecule has 7 heteroatoms. The van der Waals surface area contributed by atoms with Crippen LogP contribution in [0.25, 0.3) is 11.3 Å². The summed E-state index contributed by atoms with van der Waals surface area (Å²) in [6.07, 6.45) is 2.06. The fraction of sp³-hybridized carbons (Fsp3) is 0.231. The quantitative estimate of drug-likeness (QED) is 0.472. The Morgan fingerprint density at radius 2 is 2.10 bits per heavy atom. The maximum absolute atomic E-state index is 11.0. The Hall–Kier alpha value is -2.70. The summed E-state index contributed by atoms with van der Waals surface area (Å²) in [6.45, 7) is 0. The van der Waals surface area contributed by atoms with Crippen molar-refractivity contribution >= 4 is 11.7 Å². The summed E-state index contributed by atoms with van der Waals surface area (Å²) < 4.78 is 10.0. The minimum Gasteiger partial charge on any atom is -0.469 e. The van der Waals surface area contributed by atoms with Gasteiger partial charge in [-0.2, -0.15) is 0 Å². The number of non-ortho nitro benzene ring substituents is 1. The molecule has 0 aliphatic heterocycles. The molecule has 2 aromatic rings. The molecule has 1 aromatic carbocycles. The number of hydrogen-bond acceptors (Lipinski definition) is 6. The first-order valence-corrected chi connectivity index (χ1v) is 5.86. The first-order chi connectivity index (χ1) is 9.60. The molecule has 20 heavy (non-hydrogen) atoms. The number of nitro groups is 1. The van der Waals surface area contributed by atoms with E-state index in [0.717, 1.165) is 0 Å². The highest BCUT2D eigenvalue weighted by Gasteiger charge is 2.10. The summed E-state index contributed by atoms with van der Waals surface area (Å²) in [6, 6.07) is 5.96. The molecule has 0 bridgehead atoms. The third kappa shape index (κ3) is 3.19. The molecule has 0 unspecified atom stereocenters. The van der Waals surface area contributed by atoms with Crippen LogP contribution in [0.3, 0.4) is 0 Å². The van der Waals surface area contributed by atoms with E-state index in [0.29, 0.717) is 23.6 Å². The number of nitrogens with zero attached hydrogens (tertiary/aromatic N) is 2. The smallest absolute Gasteiger partial charge is 0.306 e. The van der Waals surface area contributed by atoms with Crippen molar-refractivity contribution in [1.82, 2.24) is 4.98 Å². The number of ether oxygens (including phenoxy) is 1. The maximum Gasteiger partial charge on any atom is 0.306 e. The average Bonchev–Trinajstić information content (AvgIpc) is 2.93. The number of oxazole rings is 1. The van der Waals surface area contributed by atoms with Crippen molar-refractivity contribution in [3.05, 3.63) is 46.5 Å². The third-order valence-electron chi connectivity index (χ3n) is 2.69. The van der Waals surface area contributed by atoms with E-state index < -0.39 is 4.92 Å². The molecular formula is C13H12N2O5. The number of hydrogen-bond donors (Lipinski definition) is 0. The zero-order valence-corrected chi connectivity index (χ0v) is 10.7. The van der Waals surface area contributed by atoms with Crippen molar-refractivity contribution in [2.75, 3.05) is 7.11 Å². The van der Waals surface area contributed by atoms with Crippen molar-refractivity contribution in [2.24, 2.45) is 0 Å². The molecule has 0 atom stereocenters. The number of carbonyl (C=O) groups excluding carboxylic acids is 1. The lowest BCUT2D eigenvalue weighted by Crippen LogP contribution is -2.01. The monoisotopic (exact) mass is 276 g/mol. The molecule has 0 fully saturated rings. The predicted molar refractivity (Wildman–Crippen MR) is 68.9 cm³/mol. The molecule has 2 rings (SSSR count). The van der Waals surface area contributed by atoms with Crippen molar-refractivity contribution in [1.29, 1.82) is 0 Å². The van der Waals surface area contributed by atoms with Crippen molar-refractivity contribution in [3.8, 4) is 11.3 Å². The Labute approximate surface area is 114 Å². The van der Waals surface area contributed by atoms with Gasteiger partial charge < -0.3 is 9.15 Å². The minimum atomic E-state index is -0.466. The molecule has 0 aliphatic rings. The van der Waals surface area contributed by atoms with Gasteiger partial charge in [-0.1, -0.05) is 0 Å². The van der Waals surface area contributed by atoms with Crippen LogP contribution in [-0.4, -0.2) is 23.0 Å². The largest absolute Gasteiger partial charge is 0.469 e. The number of nitro benzene ring substituents is 1. The van der Waals surface area contributed by atoms with Gasteiger partial charge in [0.1, 0.15) is 0 Å². The standard InChI is InChI=1S/C13H12N2O5/c1-19-13(16)7-6-12-14-8-11(20-12)9-2-4-10(5-3-9)15(17)18/h2-5,8H,6-7H2,1H3. The second kappa shape index (κ2) is 5.96. The SMILES string of the molecule is COC(=O)CCc1ncc(-c2ccc([N+](=O)[O-])cc2)o1. The number of rotatable bonds is 5. The van der Waals surface area contributed by atoms with E-state index >= 15 is 0 Å². The lowest BCUT2D eigenvalue weighted by Gasteiger charge is -1.97. The summed E-state index contributed by atoms with van der Waals surface area (Å²) >= 11 is 0. The van der Waals surface area contributed by atoms with Gasteiger partial charge in [0, 0.05) is 24.1 Å². The van der Waals surface area contributed by atoms with Gasteiger partial charge >= 0.3 is 5.97 Å². The summed E-state index contributed by atoms with van der Waals surface area (Å²) in [4.78, 5) is 25.1. The van der Waals surface area contributed by atoms with Gasteiger partial charge in [0.15, 0.2) is 11.7 Å². The van der Waals surface area contributed by atoms with E-state index in [1.165, 1.54) is 25.4 Å². The van der Waals surface area contributed by atoms with Crippen molar-refractivity contribution < 1.29 is 18.9 Å². The van der Waals surface area contributed by atoms with E-state index in [1.54, 1.807) is 12.1 Å². The summed E-state index contributed by atoms with van der Waals surface area (Å²) in [5, 5.41) is 10.6. The van der Waals surface area contributed by atoms with Crippen LogP contribution in [-0.2, 0) is 16.0 Å². The Balaban J connectivity index is 2.08. The van der Waals surface area contributed by atoms with Gasteiger partial charge in [-0.25, -0.2) is 4.98 Å². The number of methoxy groups -OCH3 is 1. The van der Waals surface area contributed by atoms with Gasteiger partial charge in [0.05, 0.1) is 24.7 Å². The Bertz CT molecular complexity index is 618. The molecule has 0 amide bonds. The molecule has 0 radical (unpaired) electrons. The van der Waals surface area contributed by atoms with E-state index in [2.05, 4.69) is 9.72 Å². The number of esters is 1. The number of aromatic nitrogens is 1. The van der Waals surface area contributed by atoms with Crippen LogP contribution in [0.4, 0.5) is 5.69 Å². The molecule has 0 aliphatic carbocycles. The summed E-state index contributed by atoms with van der Waals surface area (Å²) in [5.41, 5.74) is 0.701. The van der Waals surface area contributed by atoms with E-state index in [9.17, 15) is 14.9 Å². The zero-order chi connectivity index (χ0) is 14.5. The normalized spacial score (nSPS) is 10.2. The Morgan fingerprint density at radius 3 is 2.70 bits per heavy atom. The van der Waals surface area contributed by atoms with Gasteiger partial charge in [-0.3, -0.25) is 14.9 Å². The van der Waals surface area contributed by atoms with E-state index in [-0.39, 0.29) is 18.1 Å². The lowest BCUT2D eigenvalue weighted by atomic mass is 10.2. The number of carbonyl (C=O) groups is 1. The van der Waals surface area contributed by atoms with Crippen LogP contribution in [0.5, 0.6) is 0 Å². The molecule has 0 spiro atoms. The fourth-order valence-electron chi connectivity index (χ4n) is 1.62. The topological polar surface area (TPSA) is 95.5 Å². The second-order valence-corrected chi connectivity index (χ2v) is 4.00. The molecule has 0 N–H and O–H groups in total. The molecule has 0 saturated carbocycles. The fourth-order valence-corrected chi connectivity index (χ4v) is 1.62. The van der Waals surface area contributed by atoms with Crippen LogP contribution in [0, 0.1) is 10.1 Å². The maximum atomic E-state index is 11.0. The minimum absolute atomic E-state index is 0.0131. The lowest BCUT2D eigenvalue weighted by molar-refractivity contribution is -0.384. The molecular weight excluding hydrogens is 264 g/mol. The van der Waals surface area contributed by atoms with Crippen LogP contribution in [0.15, 0.2) is 34.9 Å². The first kappa shape index (κ1) is 13.7. The highest BCUT2D eigenvalue weighted by Crippen LogP contribution is 2.23. The van der Waals surface area contributed by atoms with Crippen LogP contribution < -0.4 is 0 Å². The van der Waals surface area contributed by atoms with Crippen LogP contribution in [0.2, 0.25) is 0 Å². The van der Waals surface area contributed by atoms with Crippen molar-refractivity contribution in [3.63, 3.8) is 0 Å². The first-order valence-electron chi connectivity index (χ1n) is 5.86. The highest BCUT2D eigenvalue weighted by atomic mass is 16.6. The number of aryl methyl sites for hydroxylation is 1. The predicted octanol–water partition coefficient (Wildman–Crippen LogP) is 2.36. The zero-order valence-electron chi connectivity index (χ0n) is 10.7. The van der Waals surface area contributed by atoms with Gasteiger partial charge in [0.25, 0.3) is 5.69 Å². The Kier molecular flexibility index (Phi) is 4.09. The highest BCUT2D eigenvalue weighted by molar-refractivity contribution is 5.69. The van der Waals surface area contributed by atoms with Crippen LogP contribution >= 0.6 is 0 Å². The summed E-state index contributed by atoms with van der Waals surface area (Å²) in [7, 11) is 1.32. The molecule has 7 nitrogen and oxygen atoms in total. The molecule has 1 heterocycles. The average molecular weight is 276 g/mol. The Morgan fingerprint density at radius 1 is 1.40 bits per heavy atom. The van der Waals surface area contributed by atoms with Gasteiger partial charge in [0.2, 0.25) is 0 Å².